The van der Waals surface area contributed by atoms with E-state index < -0.39 is 20.8 Å². The zero-order valence-corrected chi connectivity index (χ0v) is 8.11. The van der Waals surface area contributed by atoms with Gasteiger partial charge in [-0.2, -0.15) is 13.5 Å². The van der Waals surface area contributed by atoms with Crippen LogP contribution >= 0.6 is 0 Å². The SMILES string of the molecule is Nc1c(O)cc(S(=O)(=O)O)c2[nH]ncc12. The van der Waals surface area contributed by atoms with E-state index in [9.17, 15) is 13.5 Å². The van der Waals surface area contributed by atoms with E-state index in [2.05, 4.69) is 10.2 Å². The van der Waals surface area contributed by atoms with E-state index in [-0.39, 0.29) is 16.6 Å². The first-order chi connectivity index (χ1) is 6.91. The first-order valence-corrected chi connectivity index (χ1v) is 5.27. The molecule has 2 rings (SSSR count). The number of nitrogen functional groups attached to an aromatic ring is 1. The summed E-state index contributed by atoms with van der Waals surface area (Å²) < 4.78 is 30.8. The molecule has 1 aromatic heterocycles. The number of benzene rings is 1. The van der Waals surface area contributed by atoms with E-state index in [0.717, 1.165) is 6.07 Å². The molecule has 0 aliphatic carbocycles. The van der Waals surface area contributed by atoms with E-state index in [4.69, 9.17) is 10.3 Å². The number of aromatic hydroxyl groups is 1. The second-order valence-electron chi connectivity index (χ2n) is 2.94. The van der Waals surface area contributed by atoms with Crippen molar-refractivity contribution in [1.29, 1.82) is 0 Å². The van der Waals surface area contributed by atoms with E-state index >= 15 is 0 Å². The summed E-state index contributed by atoms with van der Waals surface area (Å²) in [6.45, 7) is 0. The highest BCUT2D eigenvalue weighted by Crippen LogP contribution is 2.33. The van der Waals surface area contributed by atoms with Crippen LogP contribution in [0, 0.1) is 0 Å². The molecule has 7 nitrogen and oxygen atoms in total. The zero-order chi connectivity index (χ0) is 11.2. The van der Waals surface area contributed by atoms with Gasteiger partial charge in [0, 0.05) is 11.5 Å². The standard InChI is InChI=1S/C7H7N3O4S/c8-6-3-2-9-10-7(3)5(1-4(6)11)15(12,13)14/h1-2,11H,8H2,(H,9,10)(H,12,13,14). The number of hydrogen-bond donors (Lipinski definition) is 4. The van der Waals surface area contributed by atoms with Gasteiger partial charge in [0.1, 0.15) is 10.6 Å². The number of aromatic nitrogens is 2. The maximum absolute atomic E-state index is 11.0. The molecule has 0 atom stereocenters. The number of nitrogens with one attached hydrogen (secondary N) is 1. The summed E-state index contributed by atoms with van der Waals surface area (Å²) in [6, 6.07) is 0.866. The van der Waals surface area contributed by atoms with Crippen molar-refractivity contribution in [2.45, 2.75) is 4.90 Å². The number of fused-ring (bicyclic) bond motifs is 1. The Labute approximate surface area is 84.3 Å². The number of rotatable bonds is 1. The number of aromatic amines is 1. The van der Waals surface area contributed by atoms with Crippen molar-refractivity contribution >= 4 is 26.7 Å². The molecule has 15 heavy (non-hydrogen) atoms. The molecule has 0 fully saturated rings. The lowest BCUT2D eigenvalue weighted by Gasteiger charge is -2.03. The highest BCUT2D eigenvalue weighted by atomic mass is 32.2. The van der Waals surface area contributed by atoms with Gasteiger partial charge in [-0.25, -0.2) is 0 Å². The van der Waals surface area contributed by atoms with Crippen LogP contribution in [-0.2, 0) is 10.1 Å². The van der Waals surface area contributed by atoms with Crippen LogP contribution in [0.2, 0.25) is 0 Å². The molecule has 0 amide bonds. The van der Waals surface area contributed by atoms with Gasteiger partial charge in [0.05, 0.1) is 17.4 Å². The van der Waals surface area contributed by atoms with Crippen molar-refractivity contribution in [3.05, 3.63) is 12.3 Å². The van der Waals surface area contributed by atoms with Gasteiger partial charge < -0.3 is 10.8 Å². The molecule has 0 aliphatic rings. The molecule has 80 valence electrons. The molecule has 0 radical (unpaired) electrons. The Bertz CT molecular complexity index is 631. The number of H-pyrrole nitrogens is 1. The Balaban J connectivity index is 2.99. The quantitative estimate of drug-likeness (QED) is 0.311. The number of nitrogens with zero attached hydrogens (tertiary/aromatic N) is 1. The fourth-order valence-corrected chi connectivity index (χ4v) is 1.97. The number of anilines is 1. The van der Waals surface area contributed by atoms with E-state index in [1.807, 2.05) is 0 Å². The Morgan fingerprint density at radius 2 is 2.13 bits per heavy atom. The Morgan fingerprint density at radius 3 is 2.73 bits per heavy atom. The summed E-state index contributed by atoms with van der Waals surface area (Å²) in [6.07, 6.45) is 1.26. The Morgan fingerprint density at radius 1 is 1.47 bits per heavy atom. The maximum atomic E-state index is 11.0. The van der Waals surface area contributed by atoms with Crippen molar-refractivity contribution in [2.24, 2.45) is 0 Å². The third-order valence-electron chi connectivity index (χ3n) is 2.00. The van der Waals surface area contributed by atoms with Crippen LogP contribution in [0.3, 0.4) is 0 Å². The van der Waals surface area contributed by atoms with Crippen LogP contribution in [0.5, 0.6) is 5.75 Å². The molecule has 0 bridgehead atoms. The average molecular weight is 229 g/mol. The van der Waals surface area contributed by atoms with Crippen LogP contribution in [0.15, 0.2) is 17.2 Å². The fraction of sp³-hybridized carbons (Fsp3) is 0. The topological polar surface area (TPSA) is 129 Å². The highest BCUT2D eigenvalue weighted by molar-refractivity contribution is 7.86. The predicted octanol–water partition coefficient (Wildman–Crippen LogP) is 0.0974. The Hall–Kier alpha value is -1.80. The van der Waals surface area contributed by atoms with Gasteiger partial charge >= 0.3 is 0 Å². The van der Waals surface area contributed by atoms with E-state index in [0.29, 0.717) is 0 Å². The summed E-state index contributed by atoms with van der Waals surface area (Å²) in [7, 11) is -4.43. The van der Waals surface area contributed by atoms with Crippen molar-refractivity contribution in [2.75, 3.05) is 5.73 Å². The molecule has 0 unspecified atom stereocenters. The third-order valence-corrected chi connectivity index (χ3v) is 2.88. The van der Waals surface area contributed by atoms with Crippen LogP contribution in [0.25, 0.3) is 10.9 Å². The second-order valence-corrected chi connectivity index (χ2v) is 4.33. The molecule has 0 spiro atoms. The van der Waals surface area contributed by atoms with Crippen molar-refractivity contribution in [3.63, 3.8) is 0 Å². The molecule has 2 aromatic rings. The number of nitrogens with two attached hydrogens (primary N) is 1. The van der Waals surface area contributed by atoms with E-state index in [1.165, 1.54) is 6.20 Å². The minimum absolute atomic E-state index is 0.00569. The smallest absolute Gasteiger partial charge is 0.296 e. The first-order valence-electron chi connectivity index (χ1n) is 3.83. The van der Waals surface area contributed by atoms with Gasteiger partial charge in [-0.15, -0.1) is 0 Å². The van der Waals surface area contributed by atoms with Gasteiger partial charge in [-0.1, -0.05) is 0 Å². The third kappa shape index (κ3) is 1.39. The van der Waals surface area contributed by atoms with Crippen molar-refractivity contribution < 1.29 is 18.1 Å². The Kier molecular flexibility index (Phi) is 1.85. The van der Waals surface area contributed by atoms with Gasteiger partial charge in [0.2, 0.25) is 0 Å². The minimum atomic E-state index is -4.43. The molecule has 8 heteroatoms. The lowest BCUT2D eigenvalue weighted by atomic mass is 10.2. The summed E-state index contributed by atoms with van der Waals surface area (Å²) in [4.78, 5) is -0.457. The van der Waals surface area contributed by atoms with Crippen LogP contribution < -0.4 is 5.73 Å². The zero-order valence-electron chi connectivity index (χ0n) is 7.30. The monoisotopic (exact) mass is 229 g/mol. The summed E-state index contributed by atoms with van der Waals surface area (Å²) in [5.41, 5.74) is 5.56. The van der Waals surface area contributed by atoms with Crippen LogP contribution in [-0.4, -0.2) is 28.3 Å². The average Bonchev–Trinajstić information content (AvgIpc) is 2.57. The predicted molar refractivity (Wildman–Crippen MR) is 52.0 cm³/mol. The van der Waals surface area contributed by atoms with Crippen LogP contribution in [0.4, 0.5) is 5.69 Å². The molecule has 5 N–H and O–H groups in total. The highest BCUT2D eigenvalue weighted by Gasteiger charge is 2.19. The largest absolute Gasteiger partial charge is 0.506 e. The van der Waals surface area contributed by atoms with Crippen LogP contribution in [0.1, 0.15) is 0 Å². The van der Waals surface area contributed by atoms with Crippen molar-refractivity contribution in [3.8, 4) is 5.75 Å². The second kappa shape index (κ2) is 2.84. The van der Waals surface area contributed by atoms with Gasteiger partial charge in [0.15, 0.2) is 0 Å². The normalized spacial score (nSPS) is 12.1. The lowest BCUT2D eigenvalue weighted by Crippen LogP contribution is -2.00. The molecule has 1 aromatic carbocycles. The first kappa shape index (κ1) is 9.74. The number of phenols is 1. The number of phenolic OH excluding ortho intramolecular Hbond substituents is 1. The summed E-state index contributed by atoms with van der Waals surface area (Å²) in [5.74, 6) is -0.420. The molecule has 0 saturated heterocycles. The van der Waals surface area contributed by atoms with Gasteiger partial charge in [-0.05, 0) is 0 Å². The molecular weight excluding hydrogens is 222 g/mol. The number of hydrogen-bond acceptors (Lipinski definition) is 5. The van der Waals surface area contributed by atoms with Gasteiger partial charge in [-0.3, -0.25) is 9.65 Å². The molecule has 0 saturated carbocycles. The summed E-state index contributed by atoms with van der Waals surface area (Å²) >= 11 is 0. The summed E-state index contributed by atoms with van der Waals surface area (Å²) in [5, 5.41) is 15.5. The molecular formula is C7H7N3O4S. The minimum Gasteiger partial charge on any atom is -0.506 e. The maximum Gasteiger partial charge on any atom is 0.296 e. The van der Waals surface area contributed by atoms with Gasteiger partial charge in [0.25, 0.3) is 10.1 Å². The van der Waals surface area contributed by atoms with E-state index in [1.54, 1.807) is 0 Å². The molecule has 0 aliphatic heterocycles. The molecule has 1 heterocycles. The fourth-order valence-electron chi connectivity index (χ4n) is 1.29. The van der Waals surface area contributed by atoms with Crippen molar-refractivity contribution in [1.82, 2.24) is 10.2 Å². The lowest BCUT2D eigenvalue weighted by molar-refractivity contribution is 0.469.